The summed E-state index contributed by atoms with van der Waals surface area (Å²) in [7, 11) is -3.91. The first-order valence-corrected chi connectivity index (χ1v) is 7.13. The molecule has 8 heteroatoms. The van der Waals surface area contributed by atoms with Crippen molar-refractivity contribution < 1.29 is 27.8 Å². The van der Waals surface area contributed by atoms with Gasteiger partial charge in [-0.2, -0.15) is 0 Å². The average molecular weight is 291 g/mol. The van der Waals surface area contributed by atoms with Crippen molar-refractivity contribution in [2.45, 2.75) is 37.7 Å². The van der Waals surface area contributed by atoms with Gasteiger partial charge in [0.15, 0.2) is 0 Å². The highest BCUT2D eigenvalue weighted by atomic mass is 32.2. The molecule has 108 valence electrons. The zero-order valence-corrected chi connectivity index (χ0v) is 11.7. The van der Waals surface area contributed by atoms with Crippen LogP contribution in [0.3, 0.4) is 0 Å². The third kappa shape index (κ3) is 3.79. The van der Waals surface area contributed by atoms with E-state index < -0.39 is 27.4 Å². The molecule has 0 aliphatic heterocycles. The zero-order valence-electron chi connectivity index (χ0n) is 10.9. The van der Waals surface area contributed by atoms with E-state index in [9.17, 15) is 18.3 Å². The summed E-state index contributed by atoms with van der Waals surface area (Å²) in [5.41, 5.74) is -1.17. The molecule has 0 radical (unpaired) electrons. The number of furan rings is 1. The number of aryl methyl sites for hydroxylation is 1. The predicted octanol–water partition coefficient (Wildman–Crippen LogP) is 0.726. The molecule has 0 saturated heterocycles. The monoisotopic (exact) mass is 291 g/mol. The van der Waals surface area contributed by atoms with Crippen molar-refractivity contribution in [3.05, 3.63) is 17.6 Å². The van der Waals surface area contributed by atoms with Gasteiger partial charge in [-0.1, -0.05) is 6.92 Å². The highest BCUT2D eigenvalue weighted by Gasteiger charge is 2.26. The minimum Gasteiger partial charge on any atom is -0.475 e. The van der Waals surface area contributed by atoms with Crippen LogP contribution in [-0.4, -0.2) is 36.7 Å². The molecule has 19 heavy (non-hydrogen) atoms. The van der Waals surface area contributed by atoms with E-state index in [1.807, 2.05) is 0 Å². The smallest absolute Gasteiger partial charge is 0.371 e. The summed E-state index contributed by atoms with van der Waals surface area (Å²) in [6.07, 6.45) is 0.375. The van der Waals surface area contributed by atoms with Crippen LogP contribution in [0.2, 0.25) is 0 Å². The van der Waals surface area contributed by atoms with E-state index in [-0.39, 0.29) is 17.2 Å². The lowest BCUT2D eigenvalue weighted by Crippen LogP contribution is -2.40. The van der Waals surface area contributed by atoms with Crippen LogP contribution in [0.15, 0.2) is 15.4 Å². The van der Waals surface area contributed by atoms with Gasteiger partial charge in [-0.25, -0.2) is 17.9 Å². The van der Waals surface area contributed by atoms with Crippen molar-refractivity contribution in [3.8, 4) is 0 Å². The number of aromatic carboxylic acids is 1. The van der Waals surface area contributed by atoms with E-state index in [0.717, 1.165) is 6.07 Å². The normalized spacial score (nSPS) is 15.2. The van der Waals surface area contributed by atoms with Gasteiger partial charge in [-0.3, -0.25) is 0 Å². The largest absolute Gasteiger partial charge is 0.475 e. The number of rotatable bonds is 6. The summed E-state index contributed by atoms with van der Waals surface area (Å²) in [6, 6.07) is 0.945. The second kappa shape index (κ2) is 5.32. The summed E-state index contributed by atoms with van der Waals surface area (Å²) >= 11 is 0. The zero-order chi connectivity index (χ0) is 14.8. The fourth-order valence-corrected chi connectivity index (χ4v) is 2.63. The Morgan fingerprint density at radius 2 is 2.11 bits per heavy atom. The summed E-state index contributed by atoms with van der Waals surface area (Å²) in [6.45, 7) is 4.41. The highest BCUT2D eigenvalue weighted by Crippen LogP contribution is 2.20. The van der Waals surface area contributed by atoms with Gasteiger partial charge in [0.25, 0.3) is 0 Å². The van der Waals surface area contributed by atoms with Crippen molar-refractivity contribution in [1.29, 1.82) is 0 Å². The van der Waals surface area contributed by atoms with E-state index >= 15 is 0 Å². The van der Waals surface area contributed by atoms with Gasteiger partial charge < -0.3 is 14.6 Å². The summed E-state index contributed by atoms with van der Waals surface area (Å²) < 4.78 is 31.0. The number of sulfonamides is 1. The minimum absolute atomic E-state index is 0.0129. The number of carboxylic acids is 1. The molecule has 1 aromatic rings. The first kappa shape index (κ1) is 15.7. The Hall–Kier alpha value is -1.38. The number of nitrogens with one attached hydrogen (secondary N) is 1. The van der Waals surface area contributed by atoms with E-state index in [1.54, 1.807) is 6.92 Å². The van der Waals surface area contributed by atoms with Gasteiger partial charge >= 0.3 is 5.97 Å². The van der Waals surface area contributed by atoms with Crippen molar-refractivity contribution in [3.63, 3.8) is 0 Å². The van der Waals surface area contributed by atoms with Crippen LogP contribution in [0, 0.1) is 6.92 Å². The maximum atomic E-state index is 12.0. The Labute approximate surface area is 111 Å². The van der Waals surface area contributed by atoms with Gasteiger partial charge in [0.1, 0.15) is 10.7 Å². The molecule has 1 aromatic heterocycles. The van der Waals surface area contributed by atoms with Crippen LogP contribution in [-0.2, 0) is 10.0 Å². The van der Waals surface area contributed by atoms with Crippen molar-refractivity contribution in [1.82, 2.24) is 4.72 Å². The highest BCUT2D eigenvalue weighted by molar-refractivity contribution is 7.89. The summed E-state index contributed by atoms with van der Waals surface area (Å²) in [4.78, 5) is 10.5. The van der Waals surface area contributed by atoms with Crippen molar-refractivity contribution in [2.75, 3.05) is 6.54 Å². The lowest BCUT2D eigenvalue weighted by atomic mass is 10.1. The van der Waals surface area contributed by atoms with E-state index in [0.29, 0.717) is 6.42 Å². The first-order valence-electron chi connectivity index (χ1n) is 5.65. The summed E-state index contributed by atoms with van der Waals surface area (Å²) in [5, 5.41) is 18.5. The van der Waals surface area contributed by atoms with Gasteiger partial charge in [0.2, 0.25) is 15.8 Å². The standard InChI is InChI=1S/C11H17NO6S/c1-4-11(3,15)6-12-19(16,17)9-5-8(10(13)14)18-7(9)2/h5,12,15H,4,6H2,1-3H3,(H,13,14). The maximum Gasteiger partial charge on any atom is 0.371 e. The number of carboxylic acid groups (broad SMARTS) is 1. The maximum absolute atomic E-state index is 12.0. The number of hydrogen-bond acceptors (Lipinski definition) is 5. The molecule has 3 N–H and O–H groups in total. The molecule has 1 unspecified atom stereocenters. The minimum atomic E-state index is -3.91. The third-order valence-corrected chi connectivity index (χ3v) is 4.29. The Kier molecular flexibility index (Phi) is 4.39. The fourth-order valence-electron chi connectivity index (χ4n) is 1.29. The number of carbonyl (C=O) groups is 1. The molecule has 0 spiro atoms. The van der Waals surface area contributed by atoms with Crippen LogP contribution in [0.4, 0.5) is 0 Å². The average Bonchev–Trinajstić information content (AvgIpc) is 2.70. The third-order valence-electron chi connectivity index (χ3n) is 2.78. The van der Waals surface area contributed by atoms with E-state index in [1.165, 1.54) is 13.8 Å². The molecule has 7 nitrogen and oxygen atoms in total. The molecule has 0 bridgehead atoms. The van der Waals surface area contributed by atoms with Crippen LogP contribution < -0.4 is 4.72 Å². The SMILES string of the molecule is CCC(C)(O)CNS(=O)(=O)c1cc(C(=O)O)oc1C. The van der Waals surface area contributed by atoms with Crippen LogP contribution in [0.1, 0.15) is 36.6 Å². The van der Waals surface area contributed by atoms with Gasteiger partial charge in [-0.05, 0) is 20.3 Å². The van der Waals surface area contributed by atoms with Gasteiger partial charge in [-0.15, -0.1) is 0 Å². The molecular formula is C11H17NO6S. The molecule has 0 aliphatic rings. The second-order valence-electron chi connectivity index (χ2n) is 4.51. The van der Waals surface area contributed by atoms with E-state index in [4.69, 9.17) is 9.52 Å². The molecule has 0 aromatic carbocycles. The summed E-state index contributed by atoms with van der Waals surface area (Å²) in [5.74, 6) is -1.80. The quantitative estimate of drug-likeness (QED) is 0.711. The molecule has 1 rings (SSSR count). The molecule has 1 heterocycles. The van der Waals surface area contributed by atoms with Crippen LogP contribution >= 0.6 is 0 Å². The molecule has 0 saturated carbocycles. The lowest BCUT2D eigenvalue weighted by molar-refractivity contribution is 0.0613. The molecular weight excluding hydrogens is 274 g/mol. The first-order chi connectivity index (χ1) is 8.59. The Morgan fingerprint density at radius 1 is 1.53 bits per heavy atom. The van der Waals surface area contributed by atoms with Gasteiger partial charge in [0.05, 0.1) is 5.60 Å². The van der Waals surface area contributed by atoms with Crippen molar-refractivity contribution >= 4 is 16.0 Å². The topological polar surface area (TPSA) is 117 Å². The molecule has 1 atom stereocenters. The second-order valence-corrected chi connectivity index (χ2v) is 6.25. The fraction of sp³-hybridized carbons (Fsp3) is 0.545. The lowest BCUT2D eigenvalue weighted by Gasteiger charge is -2.21. The Balaban J connectivity index is 2.98. The predicted molar refractivity (Wildman–Crippen MR) is 66.5 cm³/mol. The number of aliphatic hydroxyl groups is 1. The van der Waals surface area contributed by atoms with Crippen molar-refractivity contribution in [2.24, 2.45) is 0 Å². The van der Waals surface area contributed by atoms with Crippen LogP contribution in [0.25, 0.3) is 0 Å². The molecule has 0 aliphatic carbocycles. The molecule has 0 amide bonds. The Morgan fingerprint density at radius 3 is 2.53 bits per heavy atom. The number of hydrogen-bond donors (Lipinski definition) is 3. The van der Waals surface area contributed by atoms with Gasteiger partial charge in [0, 0.05) is 12.6 Å². The van der Waals surface area contributed by atoms with Crippen LogP contribution in [0.5, 0.6) is 0 Å². The Bertz CT molecular complexity index is 572. The van der Waals surface area contributed by atoms with E-state index in [2.05, 4.69) is 4.72 Å². The molecule has 0 fully saturated rings.